The molecular weight excluding hydrogens is 406 g/mol. The number of hydrogen-bond acceptors (Lipinski definition) is 1. The lowest BCUT2D eigenvalue weighted by Crippen LogP contribution is -1.95. The molecule has 1 fully saturated rings. The van der Waals surface area contributed by atoms with Crippen LogP contribution in [0.1, 0.15) is 35.4 Å². The van der Waals surface area contributed by atoms with Crippen molar-refractivity contribution in [2.45, 2.75) is 25.2 Å². The van der Waals surface area contributed by atoms with E-state index < -0.39 is 0 Å². The molecule has 28 heavy (non-hydrogen) atoms. The molecule has 4 aromatic rings. The van der Waals surface area contributed by atoms with E-state index in [1.807, 2.05) is 0 Å². The van der Waals surface area contributed by atoms with Crippen molar-refractivity contribution in [2.24, 2.45) is 0 Å². The molecule has 0 radical (unpaired) electrons. The zero-order chi connectivity index (χ0) is 18.7. The molecule has 2 aliphatic rings. The molecule has 0 unspecified atom stereocenters. The molecule has 0 heterocycles. The second-order valence-corrected chi connectivity index (χ2v) is 8.91. The number of halogens is 1. The molecule has 0 saturated heterocycles. The summed E-state index contributed by atoms with van der Waals surface area (Å²) in [5, 5.41) is 6.34. The van der Waals surface area contributed by atoms with Crippen molar-refractivity contribution in [1.29, 1.82) is 0 Å². The monoisotopic (exact) mass is 425 g/mol. The number of benzene rings is 4. The van der Waals surface area contributed by atoms with Crippen LogP contribution in [0.2, 0.25) is 0 Å². The van der Waals surface area contributed by atoms with Crippen LogP contribution < -0.4 is 5.32 Å². The van der Waals surface area contributed by atoms with Gasteiger partial charge in [-0.05, 0) is 106 Å². The van der Waals surface area contributed by atoms with Gasteiger partial charge in [0.05, 0.1) is 0 Å². The van der Waals surface area contributed by atoms with Gasteiger partial charge in [0.15, 0.2) is 0 Å². The quantitative estimate of drug-likeness (QED) is 0.310. The zero-order valence-electron chi connectivity index (χ0n) is 15.5. The van der Waals surface area contributed by atoms with E-state index in [2.05, 4.69) is 94.0 Å². The van der Waals surface area contributed by atoms with Gasteiger partial charge in [0.2, 0.25) is 0 Å². The summed E-state index contributed by atoms with van der Waals surface area (Å²) in [6.45, 7) is 0. The van der Waals surface area contributed by atoms with Gasteiger partial charge < -0.3 is 5.32 Å². The van der Waals surface area contributed by atoms with E-state index in [0.717, 1.165) is 28.2 Å². The molecule has 1 nitrogen and oxygen atoms in total. The Kier molecular flexibility index (Phi) is 3.64. The Balaban J connectivity index is 1.50. The minimum absolute atomic E-state index is 0.747. The second-order valence-electron chi connectivity index (χ2n) is 7.99. The third kappa shape index (κ3) is 2.67. The SMILES string of the molecule is Brc1ccc(Nc2ccc3c(C4CC4)c4c(cc3c2)-c2ccccc2C4)cc1. The molecule has 0 aliphatic heterocycles. The van der Waals surface area contributed by atoms with E-state index in [0.29, 0.717) is 0 Å². The maximum atomic E-state index is 3.55. The van der Waals surface area contributed by atoms with Crippen LogP contribution in [-0.2, 0) is 6.42 Å². The van der Waals surface area contributed by atoms with Gasteiger partial charge in [-0.1, -0.05) is 46.3 Å². The van der Waals surface area contributed by atoms with Gasteiger partial charge in [0.25, 0.3) is 0 Å². The molecule has 136 valence electrons. The number of nitrogens with one attached hydrogen (secondary N) is 1. The van der Waals surface area contributed by atoms with E-state index in [4.69, 9.17) is 0 Å². The molecule has 1 saturated carbocycles. The average Bonchev–Trinajstić information content (AvgIpc) is 3.48. The van der Waals surface area contributed by atoms with Crippen LogP contribution in [0.4, 0.5) is 11.4 Å². The topological polar surface area (TPSA) is 12.0 Å². The predicted octanol–water partition coefficient (Wildman–Crippen LogP) is 7.79. The maximum absolute atomic E-state index is 3.55. The van der Waals surface area contributed by atoms with Crippen LogP contribution >= 0.6 is 15.9 Å². The molecule has 1 N–H and O–H groups in total. The Hall–Kier alpha value is -2.58. The van der Waals surface area contributed by atoms with Crippen molar-refractivity contribution in [3.63, 3.8) is 0 Å². The normalized spacial score (nSPS) is 14.8. The van der Waals surface area contributed by atoms with Gasteiger partial charge in [-0.15, -0.1) is 0 Å². The number of fused-ring (bicyclic) bond motifs is 4. The molecule has 6 rings (SSSR count). The van der Waals surface area contributed by atoms with Gasteiger partial charge in [0.1, 0.15) is 0 Å². The molecule has 2 aliphatic carbocycles. The summed E-state index contributed by atoms with van der Waals surface area (Å²) in [6, 6.07) is 26.5. The lowest BCUT2D eigenvalue weighted by molar-refractivity contribution is 1.09. The standard InChI is InChI=1S/C26H20BrN/c27-19-7-9-20(10-8-19)28-21-11-12-23-18(13-21)15-24-22-4-2-1-3-17(22)14-25(24)26(23)16-5-6-16/h1-4,7-13,15-16,28H,5-6,14H2. The van der Waals surface area contributed by atoms with Crippen molar-refractivity contribution in [3.05, 3.63) is 94.0 Å². The zero-order valence-corrected chi connectivity index (χ0v) is 17.1. The summed E-state index contributed by atoms with van der Waals surface area (Å²) in [4.78, 5) is 0. The summed E-state index contributed by atoms with van der Waals surface area (Å²) in [5.41, 5.74) is 9.78. The fourth-order valence-corrected chi connectivity index (χ4v) is 4.92. The Bertz CT molecular complexity index is 1220. The first-order chi connectivity index (χ1) is 13.8. The Morgan fingerprint density at radius 3 is 2.39 bits per heavy atom. The Morgan fingerprint density at radius 1 is 0.786 bits per heavy atom. The third-order valence-electron chi connectivity index (χ3n) is 6.09. The molecule has 4 aromatic carbocycles. The Labute approximate surface area is 173 Å². The van der Waals surface area contributed by atoms with Gasteiger partial charge in [-0.2, -0.15) is 0 Å². The maximum Gasteiger partial charge on any atom is 0.0390 e. The van der Waals surface area contributed by atoms with Crippen molar-refractivity contribution >= 4 is 38.1 Å². The smallest absolute Gasteiger partial charge is 0.0390 e. The van der Waals surface area contributed by atoms with Crippen molar-refractivity contribution in [2.75, 3.05) is 5.32 Å². The molecule has 0 spiro atoms. The van der Waals surface area contributed by atoms with E-state index in [1.165, 1.54) is 40.3 Å². The highest BCUT2D eigenvalue weighted by atomic mass is 79.9. The highest BCUT2D eigenvalue weighted by Crippen LogP contribution is 2.51. The molecular formula is C26H20BrN. The second kappa shape index (κ2) is 6.22. The van der Waals surface area contributed by atoms with Crippen molar-refractivity contribution in [3.8, 4) is 11.1 Å². The molecule has 0 amide bonds. The first-order valence-corrected chi connectivity index (χ1v) is 10.8. The predicted molar refractivity (Wildman–Crippen MR) is 122 cm³/mol. The molecule has 0 atom stereocenters. The number of rotatable bonds is 3. The lowest BCUT2D eigenvalue weighted by Gasteiger charge is -2.15. The summed E-state index contributed by atoms with van der Waals surface area (Å²) in [5.74, 6) is 0.747. The molecule has 0 aromatic heterocycles. The molecule has 2 heteroatoms. The van der Waals surface area contributed by atoms with Crippen molar-refractivity contribution in [1.82, 2.24) is 0 Å². The van der Waals surface area contributed by atoms with E-state index in [1.54, 1.807) is 11.1 Å². The first-order valence-electron chi connectivity index (χ1n) is 9.97. The van der Waals surface area contributed by atoms with E-state index >= 15 is 0 Å². The fraction of sp³-hybridized carbons (Fsp3) is 0.154. The van der Waals surface area contributed by atoms with Crippen molar-refractivity contribution < 1.29 is 0 Å². The highest BCUT2D eigenvalue weighted by Gasteiger charge is 2.32. The van der Waals surface area contributed by atoms with Crippen LogP contribution in [0, 0.1) is 0 Å². The minimum Gasteiger partial charge on any atom is -0.356 e. The fourth-order valence-electron chi connectivity index (χ4n) is 4.65. The third-order valence-corrected chi connectivity index (χ3v) is 6.61. The summed E-state index contributed by atoms with van der Waals surface area (Å²) in [6.07, 6.45) is 3.76. The summed E-state index contributed by atoms with van der Waals surface area (Å²) >= 11 is 3.50. The lowest BCUT2D eigenvalue weighted by atomic mass is 9.91. The summed E-state index contributed by atoms with van der Waals surface area (Å²) < 4.78 is 1.10. The van der Waals surface area contributed by atoms with Gasteiger partial charge in [0, 0.05) is 15.8 Å². The number of hydrogen-bond donors (Lipinski definition) is 1. The van der Waals surface area contributed by atoms with Crippen LogP contribution in [0.25, 0.3) is 21.9 Å². The van der Waals surface area contributed by atoms with Crippen LogP contribution in [0.5, 0.6) is 0 Å². The first kappa shape index (κ1) is 16.4. The van der Waals surface area contributed by atoms with Gasteiger partial charge in [-0.25, -0.2) is 0 Å². The average molecular weight is 426 g/mol. The van der Waals surface area contributed by atoms with E-state index in [-0.39, 0.29) is 0 Å². The van der Waals surface area contributed by atoms with Gasteiger partial charge >= 0.3 is 0 Å². The largest absolute Gasteiger partial charge is 0.356 e. The molecule has 0 bridgehead atoms. The van der Waals surface area contributed by atoms with Crippen LogP contribution in [-0.4, -0.2) is 0 Å². The van der Waals surface area contributed by atoms with E-state index in [9.17, 15) is 0 Å². The van der Waals surface area contributed by atoms with Crippen LogP contribution in [0.3, 0.4) is 0 Å². The number of anilines is 2. The minimum atomic E-state index is 0.747. The summed E-state index contributed by atoms with van der Waals surface area (Å²) in [7, 11) is 0. The van der Waals surface area contributed by atoms with Gasteiger partial charge in [-0.3, -0.25) is 0 Å². The Morgan fingerprint density at radius 2 is 1.57 bits per heavy atom. The van der Waals surface area contributed by atoms with Crippen LogP contribution in [0.15, 0.2) is 77.3 Å². The highest BCUT2D eigenvalue weighted by molar-refractivity contribution is 9.10.